The summed E-state index contributed by atoms with van der Waals surface area (Å²) in [6.07, 6.45) is 5.25. The molecule has 0 aromatic carbocycles. The monoisotopic (exact) mass is 200 g/mol. The van der Waals surface area contributed by atoms with Gasteiger partial charge >= 0.3 is 0 Å². The number of hydrogen-bond donors (Lipinski definition) is 2. The first-order chi connectivity index (χ1) is 6.81. The van der Waals surface area contributed by atoms with Crippen LogP contribution in [0.4, 0.5) is 0 Å². The molecule has 2 heteroatoms. The molecule has 1 fully saturated rings. The van der Waals surface area contributed by atoms with Gasteiger partial charge in [-0.2, -0.15) is 0 Å². The van der Waals surface area contributed by atoms with Crippen molar-refractivity contribution >= 4 is 0 Å². The van der Waals surface area contributed by atoms with Crippen LogP contribution in [-0.2, 0) is 0 Å². The summed E-state index contributed by atoms with van der Waals surface area (Å²) in [5.41, 5.74) is 0. The average molecular weight is 200 g/mol. The molecule has 14 heavy (non-hydrogen) atoms. The highest BCUT2D eigenvalue weighted by atomic mass is 14.9. The van der Waals surface area contributed by atoms with Crippen molar-refractivity contribution in [2.75, 3.05) is 26.2 Å². The summed E-state index contributed by atoms with van der Waals surface area (Å²) in [6, 6.07) is 0. The Balaban J connectivity index is 0.000000249. The second-order valence-electron chi connectivity index (χ2n) is 4.20. The van der Waals surface area contributed by atoms with Crippen LogP contribution in [0.25, 0.3) is 0 Å². The van der Waals surface area contributed by atoms with E-state index >= 15 is 0 Å². The van der Waals surface area contributed by atoms with Gasteiger partial charge in [-0.1, -0.05) is 27.2 Å². The SMILES string of the molecule is CC1CCNC1.CCCCNCCC. The van der Waals surface area contributed by atoms with Gasteiger partial charge in [-0.15, -0.1) is 0 Å². The predicted octanol–water partition coefficient (Wildman–Crippen LogP) is 2.40. The van der Waals surface area contributed by atoms with Crippen LogP contribution in [0, 0.1) is 5.92 Å². The molecule has 1 saturated heterocycles. The molecule has 2 nitrogen and oxygen atoms in total. The zero-order valence-corrected chi connectivity index (χ0v) is 10.2. The van der Waals surface area contributed by atoms with Crippen molar-refractivity contribution in [1.29, 1.82) is 0 Å². The Labute approximate surface area is 89.9 Å². The first kappa shape index (κ1) is 13.9. The van der Waals surface area contributed by atoms with Crippen LogP contribution in [0.2, 0.25) is 0 Å². The van der Waals surface area contributed by atoms with Crippen molar-refractivity contribution in [2.45, 2.75) is 46.5 Å². The van der Waals surface area contributed by atoms with E-state index in [1.165, 1.54) is 51.9 Å². The molecular formula is C12H28N2. The molecule has 0 saturated carbocycles. The topological polar surface area (TPSA) is 24.1 Å². The van der Waals surface area contributed by atoms with Gasteiger partial charge in [0.15, 0.2) is 0 Å². The maximum atomic E-state index is 3.34. The fraction of sp³-hybridized carbons (Fsp3) is 1.00. The fourth-order valence-corrected chi connectivity index (χ4v) is 1.40. The van der Waals surface area contributed by atoms with Crippen LogP contribution in [0.1, 0.15) is 46.5 Å². The summed E-state index contributed by atoms with van der Waals surface area (Å²) in [6.45, 7) is 11.5. The van der Waals surface area contributed by atoms with Crippen LogP contribution < -0.4 is 10.6 Å². The van der Waals surface area contributed by atoms with Gasteiger partial charge in [-0.3, -0.25) is 0 Å². The highest BCUT2D eigenvalue weighted by Gasteiger charge is 2.06. The minimum Gasteiger partial charge on any atom is -0.317 e. The third-order valence-corrected chi connectivity index (χ3v) is 2.44. The average Bonchev–Trinajstić information content (AvgIpc) is 2.65. The Bertz CT molecular complexity index is 92.5. The van der Waals surface area contributed by atoms with Gasteiger partial charge in [-0.25, -0.2) is 0 Å². The van der Waals surface area contributed by atoms with E-state index in [2.05, 4.69) is 31.4 Å². The maximum Gasteiger partial charge on any atom is -0.00227 e. The summed E-state index contributed by atoms with van der Waals surface area (Å²) in [7, 11) is 0. The zero-order chi connectivity index (χ0) is 10.6. The van der Waals surface area contributed by atoms with Crippen molar-refractivity contribution < 1.29 is 0 Å². The van der Waals surface area contributed by atoms with Crippen LogP contribution in [0.15, 0.2) is 0 Å². The summed E-state index contributed by atoms with van der Waals surface area (Å²) in [5.74, 6) is 0.935. The predicted molar refractivity (Wildman–Crippen MR) is 64.7 cm³/mol. The molecule has 0 spiro atoms. The molecule has 0 bridgehead atoms. The van der Waals surface area contributed by atoms with Crippen LogP contribution in [-0.4, -0.2) is 26.2 Å². The van der Waals surface area contributed by atoms with Gasteiger partial charge in [0.05, 0.1) is 0 Å². The van der Waals surface area contributed by atoms with E-state index in [9.17, 15) is 0 Å². The molecule has 1 atom stereocenters. The molecule has 1 heterocycles. The Kier molecular flexibility index (Phi) is 10.9. The number of hydrogen-bond acceptors (Lipinski definition) is 2. The minimum atomic E-state index is 0.935. The van der Waals surface area contributed by atoms with E-state index in [4.69, 9.17) is 0 Å². The molecule has 1 aliphatic heterocycles. The molecule has 2 N–H and O–H groups in total. The smallest absolute Gasteiger partial charge is 0.00227 e. The van der Waals surface area contributed by atoms with Crippen molar-refractivity contribution in [2.24, 2.45) is 5.92 Å². The van der Waals surface area contributed by atoms with E-state index in [0.29, 0.717) is 0 Å². The fourth-order valence-electron chi connectivity index (χ4n) is 1.40. The van der Waals surface area contributed by atoms with Crippen LogP contribution in [0.3, 0.4) is 0 Å². The van der Waals surface area contributed by atoms with E-state index in [0.717, 1.165) is 5.92 Å². The molecule has 0 aromatic rings. The highest BCUT2D eigenvalue weighted by molar-refractivity contribution is 4.65. The quantitative estimate of drug-likeness (QED) is 0.666. The van der Waals surface area contributed by atoms with E-state index < -0.39 is 0 Å². The lowest BCUT2D eigenvalue weighted by Gasteiger charge is -1.98. The van der Waals surface area contributed by atoms with Crippen molar-refractivity contribution in [3.8, 4) is 0 Å². The number of nitrogens with one attached hydrogen (secondary N) is 2. The van der Waals surface area contributed by atoms with Gasteiger partial charge in [0.1, 0.15) is 0 Å². The first-order valence-electron chi connectivity index (χ1n) is 6.22. The van der Waals surface area contributed by atoms with Gasteiger partial charge < -0.3 is 10.6 Å². The molecular weight excluding hydrogens is 172 g/mol. The first-order valence-corrected chi connectivity index (χ1v) is 6.22. The Morgan fingerprint density at radius 3 is 2.36 bits per heavy atom. The minimum absolute atomic E-state index is 0.935. The standard InChI is InChI=1S/C7H17N.C5H11N/c1-3-5-7-8-6-4-2;1-5-2-3-6-4-5/h8H,3-7H2,1-2H3;5-6H,2-4H2,1H3. The van der Waals surface area contributed by atoms with Crippen LogP contribution in [0.5, 0.6) is 0 Å². The van der Waals surface area contributed by atoms with Gasteiger partial charge in [-0.05, 0) is 51.4 Å². The summed E-state index contributed by atoms with van der Waals surface area (Å²) < 4.78 is 0. The third kappa shape index (κ3) is 10.0. The molecule has 0 aromatic heterocycles. The lowest BCUT2D eigenvalue weighted by atomic mass is 10.2. The summed E-state index contributed by atoms with van der Waals surface area (Å²) in [5, 5.41) is 6.61. The van der Waals surface area contributed by atoms with Gasteiger partial charge in [0, 0.05) is 0 Å². The molecule has 0 radical (unpaired) electrons. The second-order valence-corrected chi connectivity index (χ2v) is 4.20. The molecule has 86 valence electrons. The molecule has 1 unspecified atom stereocenters. The maximum absolute atomic E-state index is 3.34. The zero-order valence-electron chi connectivity index (χ0n) is 10.2. The second kappa shape index (κ2) is 11.0. The molecule has 0 amide bonds. The van der Waals surface area contributed by atoms with Gasteiger partial charge in [0.25, 0.3) is 0 Å². The van der Waals surface area contributed by atoms with E-state index in [-0.39, 0.29) is 0 Å². The van der Waals surface area contributed by atoms with E-state index in [1.807, 2.05) is 0 Å². The molecule has 1 aliphatic rings. The third-order valence-electron chi connectivity index (χ3n) is 2.44. The van der Waals surface area contributed by atoms with E-state index in [1.54, 1.807) is 0 Å². The van der Waals surface area contributed by atoms with Crippen molar-refractivity contribution in [1.82, 2.24) is 10.6 Å². The van der Waals surface area contributed by atoms with Crippen molar-refractivity contribution in [3.05, 3.63) is 0 Å². The molecule has 0 aliphatic carbocycles. The van der Waals surface area contributed by atoms with Crippen molar-refractivity contribution in [3.63, 3.8) is 0 Å². The summed E-state index contributed by atoms with van der Waals surface area (Å²) in [4.78, 5) is 0. The lowest BCUT2D eigenvalue weighted by molar-refractivity contribution is 0.633. The Morgan fingerprint density at radius 2 is 2.00 bits per heavy atom. The molecule has 1 rings (SSSR count). The summed E-state index contributed by atoms with van der Waals surface area (Å²) >= 11 is 0. The largest absolute Gasteiger partial charge is 0.317 e. The number of unbranched alkanes of at least 4 members (excludes halogenated alkanes) is 1. The Hall–Kier alpha value is -0.0800. The van der Waals surface area contributed by atoms with Crippen LogP contribution >= 0.6 is 0 Å². The highest BCUT2D eigenvalue weighted by Crippen LogP contribution is 2.03. The normalized spacial score (nSPS) is 20.4. The lowest BCUT2D eigenvalue weighted by Crippen LogP contribution is -2.15. The Morgan fingerprint density at radius 1 is 1.21 bits per heavy atom. The number of rotatable bonds is 5. The van der Waals surface area contributed by atoms with Gasteiger partial charge in [0.2, 0.25) is 0 Å².